The number of nitrogens with one attached hydrogen (secondary N) is 2. The Morgan fingerprint density at radius 2 is 1.98 bits per heavy atom. The quantitative estimate of drug-likeness (QED) is 0.276. The molecule has 3 aromatic rings. The lowest BCUT2D eigenvalue weighted by atomic mass is 9.72. The van der Waals surface area contributed by atoms with E-state index in [4.69, 9.17) is 5.11 Å². The minimum absolute atomic E-state index is 0.0348. The summed E-state index contributed by atoms with van der Waals surface area (Å²) < 4.78 is 15.7. The number of nitrogens with zero attached hydrogens (tertiary/aromatic N) is 2. The number of halogens is 1. The van der Waals surface area contributed by atoms with Crippen molar-refractivity contribution in [2.75, 3.05) is 26.7 Å². The Hall–Kier alpha value is -3.56. The summed E-state index contributed by atoms with van der Waals surface area (Å²) >= 11 is 0. The fourth-order valence-corrected chi connectivity index (χ4v) is 6.79. The number of likely N-dealkylation sites (tertiary alicyclic amines) is 1. The minimum Gasteiger partial charge on any atom is -0.465 e. The number of hydrogen-bond acceptors (Lipinski definition) is 5. The average molecular weight is 563 g/mol. The van der Waals surface area contributed by atoms with Gasteiger partial charge in [-0.3, -0.25) is 9.78 Å². The third-order valence-electron chi connectivity index (χ3n) is 8.97. The number of para-hydroxylation sites is 1. The van der Waals surface area contributed by atoms with E-state index in [1.165, 1.54) is 6.07 Å². The van der Waals surface area contributed by atoms with Crippen molar-refractivity contribution in [3.8, 4) is 11.1 Å². The van der Waals surface area contributed by atoms with Crippen molar-refractivity contribution < 1.29 is 24.2 Å². The predicted octanol–water partition coefficient (Wildman–Crippen LogP) is 4.90. The lowest BCUT2D eigenvalue weighted by Gasteiger charge is -2.44. The summed E-state index contributed by atoms with van der Waals surface area (Å²) in [6, 6.07) is 14.6. The molecule has 2 aliphatic rings. The van der Waals surface area contributed by atoms with Crippen molar-refractivity contribution >= 4 is 22.9 Å². The smallest absolute Gasteiger partial charge is 0.404 e. The molecule has 1 aliphatic carbocycles. The molecule has 218 valence electrons. The Morgan fingerprint density at radius 3 is 2.76 bits per heavy atom. The molecule has 0 radical (unpaired) electrons. The lowest BCUT2D eigenvalue weighted by molar-refractivity contribution is -0.140. The molecular formula is C32H39FN4O4. The first-order chi connectivity index (χ1) is 19.8. The number of carbonyl (C=O) groups excluding carboxylic acids is 1. The standard InChI is InChI=1S/C32H39FN4O4/c1-34-25-13-12-22(18-25)30(38)37-16-5-8-24(20-37)32(41,14-6-15-35-31(39)40)26-9-4-10-27(33)29(26)23-17-21-7-2-3-11-28(21)36-19-23/h2-4,7,9-11,17,19,22,24-25,34-35,41H,5-6,8,12-16,18,20H2,1H3,(H,39,40)/t22-,24-,25+,32+/m1/s1. The summed E-state index contributed by atoms with van der Waals surface area (Å²) in [6.45, 7) is 1.16. The number of carbonyl (C=O) groups is 2. The zero-order valence-corrected chi connectivity index (χ0v) is 23.5. The van der Waals surface area contributed by atoms with E-state index in [1.54, 1.807) is 18.3 Å². The number of rotatable bonds is 9. The normalized spacial score (nSPS) is 22.4. The number of aliphatic hydroxyl groups is 1. The molecule has 4 atom stereocenters. The Balaban J connectivity index is 1.50. The highest BCUT2D eigenvalue weighted by atomic mass is 19.1. The summed E-state index contributed by atoms with van der Waals surface area (Å²) in [6.07, 6.45) is 5.09. The molecule has 1 saturated carbocycles. The highest BCUT2D eigenvalue weighted by Gasteiger charge is 2.44. The number of amides is 2. The maximum atomic E-state index is 15.7. The van der Waals surface area contributed by atoms with Crippen molar-refractivity contribution in [2.45, 2.75) is 56.6 Å². The van der Waals surface area contributed by atoms with Crippen molar-refractivity contribution in [3.63, 3.8) is 0 Å². The van der Waals surface area contributed by atoms with Gasteiger partial charge in [0, 0.05) is 60.2 Å². The first-order valence-corrected chi connectivity index (χ1v) is 14.6. The number of benzene rings is 2. The van der Waals surface area contributed by atoms with E-state index < -0.39 is 17.5 Å². The summed E-state index contributed by atoms with van der Waals surface area (Å²) in [7, 11) is 1.93. The monoisotopic (exact) mass is 562 g/mol. The van der Waals surface area contributed by atoms with Crippen molar-refractivity contribution in [1.82, 2.24) is 20.5 Å². The maximum absolute atomic E-state index is 15.7. The van der Waals surface area contributed by atoms with Crippen LogP contribution < -0.4 is 10.6 Å². The van der Waals surface area contributed by atoms with Crippen LogP contribution in [0.3, 0.4) is 0 Å². The molecule has 2 heterocycles. The highest BCUT2D eigenvalue weighted by molar-refractivity contribution is 5.84. The van der Waals surface area contributed by atoms with Gasteiger partial charge in [-0.15, -0.1) is 0 Å². The third kappa shape index (κ3) is 6.21. The Bertz CT molecular complexity index is 1400. The number of piperidine rings is 1. The fourth-order valence-electron chi connectivity index (χ4n) is 6.79. The zero-order chi connectivity index (χ0) is 29.0. The molecule has 1 aliphatic heterocycles. The van der Waals surface area contributed by atoms with Crippen LogP contribution in [-0.4, -0.2) is 64.8 Å². The summed E-state index contributed by atoms with van der Waals surface area (Å²) in [5.41, 5.74) is 0.589. The van der Waals surface area contributed by atoms with Crippen molar-refractivity contribution in [3.05, 3.63) is 66.1 Å². The third-order valence-corrected chi connectivity index (χ3v) is 8.97. The number of carboxylic acid groups (broad SMARTS) is 1. The molecule has 4 N–H and O–H groups in total. The summed E-state index contributed by atoms with van der Waals surface area (Å²) in [5, 5.41) is 28.2. The van der Waals surface area contributed by atoms with Gasteiger partial charge in [0.1, 0.15) is 5.82 Å². The Kier molecular flexibility index (Phi) is 8.85. The second kappa shape index (κ2) is 12.5. The predicted molar refractivity (Wildman–Crippen MR) is 156 cm³/mol. The van der Waals surface area contributed by atoms with Crippen LogP contribution in [-0.2, 0) is 10.4 Å². The maximum Gasteiger partial charge on any atom is 0.404 e. The number of hydrogen-bond donors (Lipinski definition) is 4. The molecule has 8 nitrogen and oxygen atoms in total. The Morgan fingerprint density at radius 1 is 1.15 bits per heavy atom. The second-order valence-electron chi connectivity index (χ2n) is 11.5. The summed E-state index contributed by atoms with van der Waals surface area (Å²) in [5.74, 6) is -0.719. The topological polar surface area (TPSA) is 115 Å². The van der Waals surface area contributed by atoms with E-state index in [0.29, 0.717) is 43.1 Å². The first kappa shape index (κ1) is 29.0. The van der Waals surface area contributed by atoms with Crippen molar-refractivity contribution in [2.24, 2.45) is 11.8 Å². The van der Waals surface area contributed by atoms with Gasteiger partial charge in [-0.05, 0) is 75.8 Å². The SMILES string of the molecule is CN[C@H]1CC[C@@H](C(=O)N2CCC[C@@H]([C@@](O)(CCCNC(=O)O)c3cccc(F)c3-c3cnc4ccccc4c3)C2)C1. The van der Waals surface area contributed by atoms with Crippen LogP contribution in [0.4, 0.5) is 9.18 Å². The van der Waals surface area contributed by atoms with Gasteiger partial charge in [0.15, 0.2) is 0 Å². The molecule has 9 heteroatoms. The first-order valence-electron chi connectivity index (χ1n) is 14.6. The number of fused-ring (bicyclic) bond motifs is 1. The van der Waals surface area contributed by atoms with E-state index in [1.807, 2.05) is 42.3 Å². The summed E-state index contributed by atoms with van der Waals surface area (Å²) in [4.78, 5) is 31.1. The van der Waals surface area contributed by atoms with Gasteiger partial charge in [-0.25, -0.2) is 9.18 Å². The largest absolute Gasteiger partial charge is 0.465 e. The van der Waals surface area contributed by atoms with Crippen LogP contribution in [0.1, 0.15) is 50.5 Å². The minimum atomic E-state index is -1.49. The molecule has 2 aromatic carbocycles. The second-order valence-corrected chi connectivity index (χ2v) is 11.5. The highest BCUT2D eigenvalue weighted by Crippen LogP contribution is 2.45. The molecule has 0 bridgehead atoms. The molecule has 0 unspecified atom stereocenters. The van der Waals surface area contributed by atoms with E-state index in [0.717, 1.165) is 36.6 Å². The number of pyridine rings is 1. The Labute approximate surface area is 240 Å². The van der Waals surface area contributed by atoms with Gasteiger partial charge in [-0.1, -0.05) is 30.3 Å². The van der Waals surface area contributed by atoms with Crippen molar-refractivity contribution in [1.29, 1.82) is 0 Å². The van der Waals surface area contributed by atoms with Crippen LogP contribution in [0.5, 0.6) is 0 Å². The molecule has 5 rings (SSSR count). The van der Waals surface area contributed by atoms with Gasteiger partial charge >= 0.3 is 6.09 Å². The fraction of sp³-hybridized carbons (Fsp3) is 0.469. The lowest BCUT2D eigenvalue weighted by Crippen LogP contribution is -2.49. The van der Waals surface area contributed by atoms with E-state index in [-0.39, 0.29) is 36.3 Å². The molecule has 2 amide bonds. The molecule has 2 fully saturated rings. The molecule has 1 aromatic heterocycles. The zero-order valence-electron chi connectivity index (χ0n) is 23.5. The van der Waals surface area contributed by atoms with Crippen LogP contribution in [0, 0.1) is 17.7 Å². The molecule has 41 heavy (non-hydrogen) atoms. The molecular weight excluding hydrogens is 523 g/mol. The van der Waals surface area contributed by atoms with Crippen LogP contribution >= 0.6 is 0 Å². The van der Waals surface area contributed by atoms with Crippen LogP contribution in [0.25, 0.3) is 22.0 Å². The van der Waals surface area contributed by atoms with Gasteiger partial charge in [0.25, 0.3) is 0 Å². The van der Waals surface area contributed by atoms with Crippen LogP contribution in [0.2, 0.25) is 0 Å². The number of aromatic nitrogens is 1. The average Bonchev–Trinajstić information content (AvgIpc) is 3.48. The van der Waals surface area contributed by atoms with Gasteiger partial charge in [0.05, 0.1) is 11.1 Å². The molecule has 1 saturated heterocycles. The van der Waals surface area contributed by atoms with Crippen LogP contribution in [0.15, 0.2) is 54.7 Å². The van der Waals surface area contributed by atoms with Gasteiger partial charge in [-0.2, -0.15) is 0 Å². The van der Waals surface area contributed by atoms with E-state index in [9.17, 15) is 14.7 Å². The van der Waals surface area contributed by atoms with E-state index >= 15 is 4.39 Å². The van der Waals surface area contributed by atoms with Gasteiger partial charge in [0.2, 0.25) is 5.91 Å². The molecule has 0 spiro atoms. The van der Waals surface area contributed by atoms with E-state index in [2.05, 4.69) is 15.6 Å². The van der Waals surface area contributed by atoms with Gasteiger partial charge < -0.3 is 25.7 Å².